The van der Waals surface area contributed by atoms with Gasteiger partial charge in [0, 0.05) is 5.56 Å². The van der Waals surface area contributed by atoms with E-state index in [1.165, 1.54) is 0 Å². The number of aromatic nitrogens is 3. The van der Waals surface area contributed by atoms with Crippen molar-refractivity contribution in [1.29, 1.82) is 0 Å². The number of halogens is 3. The van der Waals surface area contributed by atoms with Crippen molar-refractivity contribution < 1.29 is 18.0 Å². The van der Waals surface area contributed by atoms with Gasteiger partial charge >= 0.3 is 6.18 Å². The van der Waals surface area contributed by atoms with Crippen LogP contribution in [0.25, 0.3) is 16.9 Å². The van der Waals surface area contributed by atoms with E-state index in [1.807, 2.05) is 6.92 Å². The third kappa shape index (κ3) is 3.94. The molecule has 5 nitrogen and oxygen atoms in total. The van der Waals surface area contributed by atoms with Gasteiger partial charge in [0.05, 0.1) is 17.4 Å². The molecule has 0 unspecified atom stereocenters. The molecule has 29 heavy (non-hydrogen) atoms. The van der Waals surface area contributed by atoms with Crippen LogP contribution in [0.4, 0.5) is 13.2 Å². The van der Waals surface area contributed by atoms with E-state index in [9.17, 15) is 18.0 Å². The van der Waals surface area contributed by atoms with Gasteiger partial charge in [-0.3, -0.25) is 4.79 Å². The van der Waals surface area contributed by atoms with E-state index in [-0.39, 0.29) is 16.9 Å². The van der Waals surface area contributed by atoms with Crippen molar-refractivity contribution in [2.45, 2.75) is 38.9 Å². The van der Waals surface area contributed by atoms with Crippen LogP contribution in [0.1, 0.15) is 41.9 Å². The molecule has 0 saturated carbocycles. The molecule has 1 aromatic carbocycles. The van der Waals surface area contributed by atoms with Crippen molar-refractivity contribution in [3.05, 3.63) is 53.3 Å². The predicted octanol–water partition coefficient (Wildman–Crippen LogP) is 4.26. The minimum atomic E-state index is -4.68. The molecule has 0 aliphatic rings. The normalized spacial score (nSPS) is 13.7. The van der Waals surface area contributed by atoms with E-state index in [4.69, 9.17) is 6.42 Å². The number of carbonyl (C=O) groups excluding carboxylic acids is 1. The molecule has 2 heterocycles. The third-order valence-electron chi connectivity index (χ3n) is 4.77. The summed E-state index contributed by atoms with van der Waals surface area (Å²) in [4.78, 5) is 17.0. The molecule has 3 rings (SSSR count). The number of hydrogen-bond acceptors (Lipinski definition) is 3. The van der Waals surface area contributed by atoms with Crippen LogP contribution in [-0.4, -0.2) is 26.0 Å². The summed E-state index contributed by atoms with van der Waals surface area (Å²) in [5.74, 6) is 1.85. The molecule has 0 spiro atoms. The first-order chi connectivity index (χ1) is 13.6. The minimum Gasteiger partial charge on any atom is -0.336 e. The van der Waals surface area contributed by atoms with E-state index >= 15 is 0 Å². The quantitative estimate of drug-likeness (QED) is 0.666. The molecule has 1 amide bonds. The fraction of sp³-hybridized carbons (Fsp3) is 0.286. The highest BCUT2D eigenvalue weighted by Gasteiger charge is 2.36. The predicted molar refractivity (Wildman–Crippen MR) is 103 cm³/mol. The average molecular weight is 400 g/mol. The van der Waals surface area contributed by atoms with Gasteiger partial charge in [0.25, 0.3) is 5.91 Å². The number of nitrogens with zero attached hydrogens (tertiary/aromatic N) is 3. The Labute approximate surface area is 166 Å². The smallest absolute Gasteiger partial charge is 0.336 e. The summed E-state index contributed by atoms with van der Waals surface area (Å²) in [5, 5.41) is 6.42. The summed E-state index contributed by atoms with van der Waals surface area (Å²) in [6, 6.07) is 7.83. The Morgan fingerprint density at radius 2 is 1.93 bits per heavy atom. The molecule has 0 saturated heterocycles. The van der Waals surface area contributed by atoms with Crippen molar-refractivity contribution in [2.75, 3.05) is 0 Å². The maximum atomic E-state index is 13.7. The number of fused-ring (bicyclic) bond motifs is 1. The van der Waals surface area contributed by atoms with Crippen LogP contribution in [0.15, 0.2) is 36.5 Å². The zero-order valence-electron chi connectivity index (χ0n) is 16.1. The van der Waals surface area contributed by atoms with Gasteiger partial charge in [-0.1, -0.05) is 42.7 Å². The molecule has 0 aliphatic carbocycles. The third-order valence-corrected chi connectivity index (χ3v) is 4.77. The number of alkyl halides is 3. The lowest BCUT2D eigenvalue weighted by molar-refractivity contribution is -0.142. The average Bonchev–Trinajstić information content (AvgIpc) is 3.11. The van der Waals surface area contributed by atoms with Crippen molar-refractivity contribution in [1.82, 2.24) is 19.9 Å². The Morgan fingerprint density at radius 1 is 1.28 bits per heavy atom. The first kappa shape index (κ1) is 20.4. The highest BCUT2D eigenvalue weighted by Crippen LogP contribution is 2.32. The zero-order valence-corrected chi connectivity index (χ0v) is 16.1. The Morgan fingerprint density at radius 3 is 2.48 bits per heavy atom. The number of rotatable bonds is 4. The van der Waals surface area contributed by atoms with Crippen LogP contribution in [0.5, 0.6) is 0 Å². The molecule has 0 aliphatic heterocycles. The monoisotopic (exact) mass is 400 g/mol. The second kappa shape index (κ2) is 7.24. The summed E-state index contributed by atoms with van der Waals surface area (Å²) in [6.45, 7) is 5.33. The first-order valence-corrected chi connectivity index (χ1v) is 8.91. The lowest BCUT2D eigenvalue weighted by atomic mass is 10.00. The van der Waals surface area contributed by atoms with Crippen LogP contribution in [-0.2, 0) is 6.18 Å². The molecule has 1 atom stereocenters. The van der Waals surface area contributed by atoms with Crippen molar-refractivity contribution in [3.8, 4) is 23.6 Å². The number of aryl methyl sites for hydroxylation is 1. The van der Waals surface area contributed by atoms with Gasteiger partial charge < -0.3 is 5.32 Å². The molecule has 2 aromatic heterocycles. The molecular formula is C21H19F3N4O. The highest BCUT2D eigenvalue weighted by atomic mass is 19.4. The van der Waals surface area contributed by atoms with Crippen molar-refractivity contribution in [2.24, 2.45) is 0 Å². The molecular weight excluding hydrogens is 381 g/mol. The summed E-state index contributed by atoms with van der Waals surface area (Å²) < 4.78 is 41.6. The van der Waals surface area contributed by atoms with Gasteiger partial charge in [0.1, 0.15) is 5.56 Å². The summed E-state index contributed by atoms with van der Waals surface area (Å²) in [5.41, 5.74) is -0.682. The van der Waals surface area contributed by atoms with Crippen LogP contribution in [0.2, 0.25) is 0 Å². The fourth-order valence-corrected chi connectivity index (χ4v) is 2.74. The molecule has 0 fully saturated rings. The molecule has 0 radical (unpaired) electrons. The Balaban J connectivity index is 2.19. The number of nitrogens with one attached hydrogen (secondary N) is 1. The summed E-state index contributed by atoms with van der Waals surface area (Å²) in [7, 11) is 0. The molecule has 3 aromatic rings. The number of terminal acetylenes is 1. The van der Waals surface area contributed by atoms with Crippen LogP contribution in [0, 0.1) is 19.3 Å². The lowest BCUT2D eigenvalue weighted by Crippen LogP contribution is -2.44. The van der Waals surface area contributed by atoms with Gasteiger partial charge in [-0.2, -0.15) is 18.3 Å². The van der Waals surface area contributed by atoms with Crippen molar-refractivity contribution >= 4 is 11.6 Å². The standard InChI is InChI=1S/C21H19F3N4O/c1-5-20(4,6-2)27-19(29)15-12-25-28-17(21(22,23)24)11-16(26-18(15)28)14-9-7-13(3)8-10-14/h1,7-12H,6H2,2-4H3,(H,27,29)/t20-/m1/s1. The van der Waals surface area contributed by atoms with Crippen LogP contribution < -0.4 is 5.32 Å². The summed E-state index contributed by atoms with van der Waals surface area (Å²) in [6.07, 6.45) is 2.31. The Bertz CT molecular complexity index is 1110. The van der Waals surface area contributed by atoms with E-state index in [0.29, 0.717) is 16.5 Å². The first-order valence-electron chi connectivity index (χ1n) is 8.91. The van der Waals surface area contributed by atoms with Crippen molar-refractivity contribution in [3.63, 3.8) is 0 Å². The molecule has 0 bridgehead atoms. The van der Waals surface area contributed by atoms with E-state index in [2.05, 4.69) is 21.3 Å². The van der Waals surface area contributed by atoms with E-state index in [1.54, 1.807) is 38.1 Å². The van der Waals surface area contributed by atoms with Gasteiger partial charge in [-0.05, 0) is 26.3 Å². The van der Waals surface area contributed by atoms with Gasteiger partial charge in [-0.15, -0.1) is 6.42 Å². The number of carbonyl (C=O) groups is 1. The SMILES string of the molecule is C#C[C@](C)(CC)NC(=O)c1cnn2c(C(F)(F)F)cc(-c3ccc(C)cc3)nc12. The lowest BCUT2D eigenvalue weighted by Gasteiger charge is -2.23. The van der Waals surface area contributed by atoms with E-state index < -0.39 is 23.3 Å². The molecule has 8 heteroatoms. The van der Waals surface area contributed by atoms with Gasteiger partial charge in [0.15, 0.2) is 11.3 Å². The Hall–Kier alpha value is -3.34. The Kier molecular flexibility index (Phi) is 5.09. The van der Waals surface area contributed by atoms with Crippen LogP contribution in [0.3, 0.4) is 0 Å². The van der Waals surface area contributed by atoms with Gasteiger partial charge in [-0.25, -0.2) is 9.50 Å². The maximum absolute atomic E-state index is 13.7. The van der Waals surface area contributed by atoms with Crippen LogP contribution >= 0.6 is 0 Å². The topological polar surface area (TPSA) is 59.3 Å². The molecule has 150 valence electrons. The van der Waals surface area contributed by atoms with E-state index in [0.717, 1.165) is 17.8 Å². The highest BCUT2D eigenvalue weighted by molar-refractivity contribution is 6.00. The second-order valence-electron chi connectivity index (χ2n) is 6.97. The minimum absolute atomic E-state index is 0.0839. The second-order valence-corrected chi connectivity index (χ2v) is 6.97. The summed E-state index contributed by atoms with van der Waals surface area (Å²) >= 11 is 0. The maximum Gasteiger partial charge on any atom is 0.433 e. The fourth-order valence-electron chi connectivity index (χ4n) is 2.74. The van der Waals surface area contributed by atoms with Gasteiger partial charge in [0.2, 0.25) is 0 Å². The number of benzene rings is 1. The molecule has 1 N–H and O–H groups in total. The largest absolute Gasteiger partial charge is 0.433 e. The zero-order chi connectivity index (χ0) is 21.4. The number of amides is 1. The number of hydrogen-bond donors (Lipinski definition) is 1.